The molecule has 6 nitrogen and oxygen atoms in total. The maximum atomic E-state index is 13.0. The van der Waals surface area contributed by atoms with Gasteiger partial charge in [0.2, 0.25) is 0 Å². The van der Waals surface area contributed by atoms with Gasteiger partial charge in [-0.15, -0.1) is 0 Å². The molecule has 0 amide bonds. The Kier molecular flexibility index (Phi) is 5.98. The summed E-state index contributed by atoms with van der Waals surface area (Å²) >= 11 is 3.45. The third-order valence-electron chi connectivity index (χ3n) is 6.59. The molecular formula is C26H24BrNO5S. The van der Waals surface area contributed by atoms with Gasteiger partial charge in [-0.05, 0) is 78.4 Å². The molecule has 1 aliphatic heterocycles. The molecule has 0 radical (unpaired) electrons. The van der Waals surface area contributed by atoms with Crippen LogP contribution in [0.25, 0.3) is 0 Å². The first kappa shape index (κ1) is 23.1. The smallest absolute Gasteiger partial charge is 0.339 e. The molecule has 1 heterocycles. The van der Waals surface area contributed by atoms with Gasteiger partial charge in [-0.3, -0.25) is 9.59 Å². The number of hydrogen-bond acceptors (Lipinski definition) is 6. The van der Waals surface area contributed by atoms with Crippen LogP contribution in [0.15, 0.2) is 74.4 Å². The predicted molar refractivity (Wildman–Crippen MR) is 131 cm³/mol. The average Bonchev–Trinajstić information content (AvgIpc) is 2.80. The number of dihydropyridines is 1. The lowest BCUT2D eigenvalue weighted by Crippen LogP contribution is -2.36. The largest absolute Gasteiger partial charge is 0.378 e. The summed E-state index contributed by atoms with van der Waals surface area (Å²) in [6.45, 7) is 1.88. The number of allylic oxidation sites excluding steroid dienone is 4. The van der Waals surface area contributed by atoms with Gasteiger partial charge in [0.1, 0.15) is 4.90 Å². The second-order valence-corrected chi connectivity index (χ2v) is 11.3. The summed E-state index contributed by atoms with van der Waals surface area (Å²) in [6.07, 6.45) is 4.07. The molecule has 0 spiro atoms. The van der Waals surface area contributed by atoms with Gasteiger partial charge in [0, 0.05) is 41.3 Å². The van der Waals surface area contributed by atoms with E-state index in [1.54, 1.807) is 30.3 Å². The van der Waals surface area contributed by atoms with Crippen molar-refractivity contribution in [2.45, 2.75) is 56.3 Å². The molecule has 0 atom stereocenters. The molecule has 8 heteroatoms. The monoisotopic (exact) mass is 541 g/mol. The summed E-state index contributed by atoms with van der Waals surface area (Å²) in [5.41, 5.74) is 4.85. The van der Waals surface area contributed by atoms with E-state index in [4.69, 9.17) is 4.18 Å². The second-order valence-electron chi connectivity index (χ2n) is 8.94. The van der Waals surface area contributed by atoms with E-state index < -0.39 is 16.0 Å². The summed E-state index contributed by atoms with van der Waals surface area (Å²) in [4.78, 5) is 26.0. The Morgan fingerprint density at radius 1 is 0.882 bits per heavy atom. The van der Waals surface area contributed by atoms with Crippen molar-refractivity contribution in [1.82, 2.24) is 5.32 Å². The number of carbonyl (C=O) groups excluding carboxylic acids is 2. The zero-order valence-corrected chi connectivity index (χ0v) is 21.1. The standard InChI is InChI=1S/C26H24BrNO5S/c1-15-8-11-17(12-9-15)34(31,32)33-23-13-10-16(14-18(23)27)24-25-19(4-2-6-21(25)29)28-20-5-3-7-22(30)26(20)24/h8-14,24,28H,2-7H2,1H3. The third-order valence-corrected chi connectivity index (χ3v) is 8.46. The maximum Gasteiger partial charge on any atom is 0.339 e. The molecule has 5 rings (SSSR count). The van der Waals surface area contributed by atoms with Crippen molar-refractivity contribution in [3.05, 3.63) is 80.6 Å². The molecule has 1 N–H and O–H groups in total. The van der Waals surface area contributed by atoms with Gasteiger partial charge in [0.15, 0.2) is 17.3 Å². The Morgan fingerprint density at radius 3 is 2.03 bits per heavy atom. The van der Waals surface area contributed by atoms with Gasteiger partial charge in [0.05, 0.1) is 4.47 Å². The van der Waals surface area contributed by atoms with E-state index in [0.717, 1.165) is 48.2 Å². The van der Waals surface area contributed by atoms with Crippen molar-refractivity contribution in [3.8, 4) is 5.75 Å². The minimum Gasteiger partial charge on any atom is -0.378 e. The zero-order valence-electron chi connectivity index (χ0n) is 18.7. The average molecular weight is 542 g/mol. The molecule has 0 unspecified atom stereocenters. The van der Waals surface area contributed by atoms with Gasteiger partial charge in [0.25, 0.3) is 0 Å². The van der Waals surface area contributed by atoms with Crippen LogP contribution in [0.5, 0.6) is 5.75 Å². The molecule has 2 aliphatic carbocycles. The number of carbonyl (C=O) groups is 2. The second kappa shape index (κ2) is 8.82. The summed E-state index contributed by atoms with van der Waals surface area (Å²) in [7, 11) is -4.01. The minimum absolute atomic E-state index is 0.0575. The van der Waals surface area contributed by atoms with Crippen LogP contribution >= 0.6 is 15.9 Å². The molecule has 0 bridgehead atoms. The topological polar surface area (TPSA) is 89.5 Å². The Labute approximate surface area is 207 Å². The zero-order chi connectivity index (χ0) is 24.0. The van der Waals surface area contributed by atoms with E-state index in [9.17, 15) is 18.0 Å². The fourth-order valence-electron chi connectivity index (χ4n) is 4.95. The summed E-state index contributed by atoms with van der Waals surface area (Å²) in [5.74, 6) is -0.193. The number of aryl methyl sites for hydroxylation is 1. The highest BCUT2D eigenvalue weighted by molar-refractivity contribution is 9.10. The normalized spacial score (nSPS) is 19.0. The fraction of sp³-hybridized carbons (Fsp3) is 0.308. The fourth-order valence-corrected chi connectivity index (χ4v) is 6.48. The van der Waals surface area contributed by atoms with Crippen molar-refractivity contribution in [2.75, 3.05) is 0 Å². The van der Waals surface area contributed by atoms with Crippen molar-refractivity contribution < 1.29 is 22.2 Å². The lowest BCUT2D eigenvalue weighted by atomic mass is 9.71. The number of hydrogen-bond donors (Lipinski definition) is 1. The van der Waals surface area contributed by atoms with Crippen LogP contribution in [-0.2, 0) is 19.7 Å². The number of rotatable bonds is 4. The molecule has 0 saturated carbocycles. The number of benzene rings is 2. The van der Waals surface area contributed by atoms with Crippen LogP contribution in [0, 0.1) is 6.92 Å². The van der Waals surface area contributed by atoms with Crippen molar-refractivity contribution >= 4 is 37.6 Å². The number of halogens is 1. The summed E-state index contributed by atoms with van der Waals surface area (Å²) < 4.78 is 31.4. The van der Waals surface area contributed by atoms with Gasteiger partial charge in [-0.25, -0.2) is 0 Å². The summed E-state index contributed by atoms with van der Waals surface area (Å²) in [6, 6.07) is 11.5. The van der Waals surface area contributed by atoms with Crippen molar-refractivity contribution in [1.29, 1.82) is 0 Å². The highest BCUT2D eigenvalue weighted by Crippen LogP contribution is 2.46. The van der Waals surface area contributed by atoms with Crippen LogP contribution in [-0.4, -0.2) is 20.0 Å². The first-order valence-electron chi connectivity index (χ1n) is 11.3. The molecule has 2 aromatic rings. The highest BCUT2D eigenvalue weighted by atomic mass is 79.9. The van der Waals surface area contributed by atoms with E-state index >= 15 is 0 Å². The third kappa shape index (κ3) is 4.14. The predicted octanol–water partition coefficient (Wildman–Crippen LogP) is 5.23. The lowest BCUT2D eigenvalue weighted by Gasteiger charge is -2.37. The maximum absolute atomic E-state index is 13.0. The van der Waals surface area contributed by atoms with Crippen LogP contribution in [0.1, 0.15) is 55.6 Å². The van der Waals surface area contributed by atoms with E-state index in [-0.39, 0.29) is 22.2 Å². The van der Waals surface area contributed by atoms with Crippen LogP contribution in [0.2, 0.25) is 0 Å². The van der Waals surface area contributed by atoms with Gasteiger partial charge >= 0.3 is 10.1 Å². The van der Waals surface area contributed by atoms with Gasteiger partial charge < -0.3 is 9.50 Å². The molecule has 176 valence electrons. The lowest BCUT2D eigenvalue weighted by molar-refractivity contribution is -0.117. The summed E-state index contributed by atoms with van der Waals surface area (Å²) in [5, 5.41) is 3.40. The highest BCUT2D eigenvalue weighted by Gasteiger charge is 2.40. The van der Waals surface area contributed by atoms with Crippen LogP contribution in [0.3, 0.4) is 0 Å². The number of ketones is 2. The first-order chi connectivity index (χ1) is 16.2. The number of Topliss-reactive ketones (excluding diaryl/α,β-unsaturated/α-hetero) is 2. The SMILES string of the molecule is Cc1ccc(S(=O)(=O)Oc2ccc(C3C4=C(CCCC4=O)NC4=C3C(=O)CCC4)cc2Br)cc1. The van der Waals surface area contributed by atoms with Gasteiger partial charge in [-0.2, -0.15) is 8.42 Å². The molecule has 2 aromatic carbocycles. The molecule has 0 fully saturated rings. The Balaban J connectivity index is 1.53. The van der Waals surface area contributed by atoms with Crippen LogP contribution in [0.4, 0.5) is 0 Å². The Hall–Kier alpha value is -2.71. The number of nitrogens with one attached hydrogen (secondary N) is 1. The molecular weight excluding hydrogens is 518 g/mol. The quantitative estimate of drug-likeness (QED) is 0.533. The molecule has 0 saturated heterocycles. The van der Waals surface area contributed by atoms with Crippen LogP contribution < -0.4 is 9.50 Å². The Morgan fingerprint density at radius 2 is 1.47 bits per heavy atom. The minimum atomic E-state index is -4.01. The van der Waals surface area contributed by atoms with E-state index in [1.807, 2.05) is 6.92 Å². The Bertz CT molecular complexity index is 1330. The van der Waals surface area contributed by atoms with Gasteiger partial charge in [-0.1, -0.05) is 23.8 Å². The van der Waals surface area contributed by atoms with Crippen molar-refractivity contribution in [3.63, 3.8) is 0 Å². The van der Waals surface area contributed by atoms with Crippen molar-refractivity contribution in [2.24, 2.45) is 0 Å². The first-order valence-corrected chi connectivity index (χ1v) is 13.5. The molecule has 34 heavy (non-hydrogen) atoms. The van der Waals surface area contributed by atoms with E-state index in [0.29, 0.717) is 28.5 Å². The molecule has 0 aromatic heterocycles. The molecule has 3 aliphatic rings. The van der Waals surface area contributed by atoms with E-state index in [1.165, 1.54) is 12.1 Å². The van der Waals surface area contributed by atoms with E-state index in [2.05, 4.69) is 21.2 Å².